The van der Waals surface area contributed by atoms with Gasteiger partial charge in [-0.3, -0.25) is 4.57 Å². The summed E-state index contributed by atoms with van der Waals surface area (Å²) in [6, 6.07) is 84.7. The van der Waals surface area contributed by atoms with Crippen LogP contribution in [0.3, 0.4) is 0 Å². The highest BCUT2D eigenvalue weighted by atomic mass is 15.2. The number of hydrogen-bond donors (Lipinski definition) is 0. The molecule has 8 nitrogen and oxygen atoms in total. The topological polar surface area (TPSA) is 87.2 Å². The van der Waals surface area contributed by atoms with Crippen LogP contribution in [0.1, 0.15) is 0 Å². The predicted molar refractivity (Wildman–Crippen MR) is 302 cm³/mol. The molecule has 15 aromatic rings. The molecule has 0 amide bonds. The van der Waals surface area contributed by atoms with Crippen molar-refractivity contribution in [2.24, 2.45) is 0 Å². The molecule has 15 rings (SSSR count). The van der Waals surface area contributed by atoms with E-state index in [9.17, 15) is 0 Å². The quantitative estimate of drug-likeness (QED) is 0.148. The Kier molecular flexibility index (Phi) is 9.40. The molecule has 0 aliphatic rings. The maximum Gasteiger partial charge on any atom is 0.238 e. The minimum atomic E-state index is 0.503. The van der Waals surface area contributed by atoms with Crippen molar-refractivity contribution in [2.45, 2.75) is 0 Å². The fourth-order valence-corrected chi connectivity index (χ4v) is 11.1. The Labute approximate surface area is 424 Å². The van der Waals surface area contributed by atoms with Crippen LogP contribution in [-0.2, 0) is 0 Å². The number of fused-ring (bicyclic) bond motifs is 13. The van der Waals surface area contributed by atoms with Crippen molar-refractivity contribution < 1.29 is 0 Å². The van der Waals surface area contributed by atoms with E-state index in [0.29, 0.717) is 35.1 Å². The van der Waals surface area contributed by atoms with Crippen molar-refractivity contribution in [3.05, 3.63) is 243 Å². The first kappa shape index (κ1) is 41.6. The number of rotatable bonds is 7. The second-order valence-electron chi connectivity index (χ2n) is 18.7. The highest BCUT2D eigenvalue weighted by Gasteiger charge is 2.24. The number of nitrogens with zero attached hydrogens (tertiary/aromatic N) is 8. The van der Waals surface area contributed by atoms with E-state index < -0.39 is 0 Å². The maximum atomic E-state index is 5.48. The highest BCUT2D eigenvalue weighted by molar-refractivity contribution is 6.27. The van der Waals surface area contributed by atoms with Gasteiger partial charge in [-0.2, -0.15) is 9.97 Å². The molecule has 0 atom stereocenters. The van der Waals surface area contributed by atoms with E-state index in [-0.39, 0.29) is 0 Å². The van der Waals surface area contributed by atoms with Crippen LogP contribution in [0.4, 0.5) is 0 Å². The molecule has 0 spiro atoms. The molecule has 74 heavy (non-hydrogen) atoms. The van der Waals surface area contributed by atoms with Crippen LogP contribution in [-0.4, -0.2) is 39.0 Å². The summed E-state index contributed by atoms with van der Waals surface area (Å²) < 4.78 is 4.69. The van der Waals surface area contributed by atoms with Crippen molar-refractivity contribution in [1.29, 1.82) is 0 Å². The largest absolute Gasteiger partial charge is 0.307 e. The summed E-state index contributed by atoms with van der Waals surface area (Å²) in [5.74, 6) is 3.31. The van der Waals surface area contributed by atoms with Crippen LogP contribution >= 0.6 is 0 Å². The van der Waals surface area contributed by atoms with Crippen LogP contribution in [0.2, 0.25) is 0 Å². The predicted octanol–water partition coefficient (Wildman–Crippen LogP) is 16.0. The average molecular weight is 945 g/mol. The summed E-state index contributed by atoms with van der Waals surface area (Å²) in [7, 11) is 0. The second-order valence-corrected chi connectivity index (χ2v) is 18.7. The minimum absolute atomic E-state index is 0.503. The molecule has 344 valence electrons. The van der Waals surface area contributed by atoms with Gasteiger partial charge in [0.1, 0.15) is 0 Å². The monoisotopic (exact) mass is 944 g/mol. The standard InChI is InChI=1S/C66H40N8/c1-4-19-41(20-5-1)61-67-62(42-21-6-2-7-22-42)69-64(68-61)44-25-18-26-45(39-44)65-70-63(43-23-8-3-9-24-43)71-66(72-65)74-58-34-17-15-32-53(58)55-38-37-54-52-31-14-16-33-57(52)73(59(54)60(55)74)46-35-36-51-49-29-11-10-27-47(49)48-28-12-13-30-50(48)56(51)40-46/h1-40H. The second kappa shape index (κ2) is 16.7. The lowest BCUT2D eigenvalue weighted by molar-refractivity contribution is 0.953. The van der Waals surface area contributed by atoms with Gasteiger partial charge in [0.2, 0.25) is 5.95 Å². The Bertz CT molecular complexity index is 4620. The van der Waals surface area contributed by atoms with Crippen molar-refractivity contribution in [3.8, 4) is 68.6 Å². The number of benzene rings is 11. The molecule has 0 fully saturated rings. The van der Waals surface area contributed by atoms with Gasteiger partial charge < -0.3 is 4.57 Å². The van der Waals surface area contributed by atoms with Gasteiger partial charge in [0.25, 0.3) is 0 Å². The normalized spacial score (nSPS) is 11.8. The number of para-hydroxylation sites is 2. The Morgan fingerprint density at radius 3 is 1.05 bits per heavy atom. The van der Waals surface area contributed by atoms with Crippen molar-refractivity contribution in [1.82, 2.24) is 39.0 Å². The van der Waals surface area contributed by atoms with E-state index in [4.69, 9.17) is 29.9 Å². The Hall–Kier alpha value is -10.2. The molecule has 0 aliphatic heterocycles. The van der Waals surface area contributed by atoms with E-state index in [1.54, 1.807) is 0 Å². The van der Waals surface area contributed by atoms with Gasteiger partial charge in [-0.15, -0.1) is 0 Å². The zero-order valence-corrected chi connectivity index (χ0v) is 39.7. The van der Waals surface area contributed by atoms with E-state index in [1.165, 1.54) is 32.3 Å². The van der Waals surface area contributed by atoms with E-state index >= 15 is 0 Å². The molecule has 0 radical (unpaired) electrons. The molecule has 0 saturated heterocycles. The molecule has 4 heterocycles. The smallest absolute Gasteiger partial charge is 0.238 e. The molecule has 8 heteroatoms. The lowest BCUT2D eigenvalue weighted by atomic mass is 9.94. The van der Waals surface area contributed by atoms with Gasteiger partial charge in [-0.25, -0.2) is 19.9 Å². The van der Waals surface area contributed by atoms with Crippen molar-refractivity contribution >= 4 is 75.9 Å². The molecule has 0 N–H and O–H groups in total. The SMILES string of the molecule is c1ccc(-c2nc(-c3ccccc3)nc(-c3cccc(-c4nc(-c5ccccc5)nc(-n5c6ccccc6c6ccc7c8ccccc8n(-c8ccc9c%10ccccc%10c%10ccccc%10c9c8)c7c65)n4)c3)n2)cc1. The molecule has 0 saturated carbocycles. The van der Waals surface area contributed by atoms with Crippen LogP contribution in [0.25, 0.3) is 145 Å². The average Bonchev–Trinajstić information content (AvgIpc) is 4.06. The Morgan fingerprint density at radius 1 is 0.216 bits per heavy atom. The van der Waals surface area contributed by atoms with Crippen LogP contribution in [0.5, 0.6) is 0 Å². The molecule has 0 unspecified atom stereocenters. The van der Waals surface area contributed by atoms with Crippen LogP contribution in [0.15, 0.2) is 243 Å². The van der Waals surface area contributed by atoms with Gasteiger partial charge >= 0.3 is 0 Å². The Balaban J connectivity index is 0.989. The lowest BCUT2D eigenvalue weighted by Gasteiger charge is -2.15. The zero-order valence-electron chi connectivity index (χ0n) is 39.7. The highest BCUT2D eigenvalue weighted by Crippen LogP contribution is 2.43. The molecule has 0 aliphatic carbocycles. The lowest BCUT2D eigenvalue weighted by Crippen LogP contribution is -2.07. The molecule has 11 aromatic carbocycles. The van der Waals surface area contributed by atoms with Gasteiger partial charge in [0, 0.05) is 55.0 Å². The fourth-order valence-electron chi connectivity index (χ4n) is 11.1. The number of aromatic nitrogens is 8. The summed E-state index contributed by atoms with van der Waals surface area (Å²) in [5, 5.41) is 11.9. The molecular weight excluding hydrogens is 905 g/mol. The molecular formula is C66H40N8. The third-order valence-corrected chi connectivity index (χ3v) is 14.4. The summed E-state index contributed by atoms with van der Waals surface area (Å²) in [6.07, 6.45) is 0. The maximum absolute atomic E-state index is 5.48. The third-order valence-electron chi connectivity index (χ3n) is 14.4. The van der Waals surface area contributed by atoms with E-state index in [2.05, 4.69) is 155 Å². The van der Waals surface area contributed by atoms with E-state index in [0.717, 1.165) is 77.1 Å². The first-order valence-electron chi connectivity index (χ1n) is 24.8. The molecule has 0 bridgehead atoms. The van der Waals surface area contributed by atoms with E-state index in [1.807, 2.05) is 97.1 Å². The third kappa shape index (κ3) is 6.62. The summed E-state index contributed by atoms with van der Waals surface area (Å²) >= 11 is 0. The van der Waals surface area contributed by atoms with Gasteiger partial charge in [-0.05, 0) is 62.6 Å². The number of hydrogen-bond acceptors (Lipinski definition) is 6. The van der Waals surface area contributed by atoms with Gasteiger partial charge in [0.15, 0.2) is 29.1 Å². The van der Waals surface area contributed by atoms with Crippen molar-refractivity contribution in [3.63, 3.8) is 0 Å². The first-order valence-corrected chi connectivity index (χ1v) is 24.8. The van der Waals surface area contributed by atoms with Crippen LogP contribution in [0, 0.1) is 0 Å². The summed E-state index contributed by atoms with van der Waals surface area (Å²) in [4.78, 5) is 31.2. The molecule has 4 aromatic heterocycles. The fraction of sp³-hybridized carbons (Fsp3) is 0. The van der Waals surface area contributed by atoms with Crippen LogP contribution < -0.4 is 0 Å². The summed E-state index contributed by atoms with van der Waals surface area (Å²) in [5.41, 5.74) is 9.51. The van der Waals surface area contributed by atoms with Gasteiger partial charge in [-0.1, -0.05) is 212 Å². The minimum Gasteiger partial charge on any atom is -0.307 e. The zero-order chi connectivity index (χ0) is 48.7. The van der Waals surface area contributed by atoms with Crippen molar-refractivity contribution in [2.75, 3.05) is 0 Å². The summed E-state index contributed by atoms with van der Waals surface area (Å²) in [6.45, 7) is 0. The Morgan fingerprint density at radius 2 is 0.554 bits per heavy atom. The van der Waals surface area contributed by atoms with Gasteiger partial charge in [0.05, 0.1) is 22.1 Å². The first-order chi connectivity index (χ1) is 36.7.